The number of benzene rings is 1. The molecular weight excluding hydrogens is 302 g/mol. The van der Waals surface area contributed by atoms with E-state index >= 15 is 0 Å². The molecule has 5 nitrogen and oxygen atoms in total. The van der Waals surface area contributed by atoms with E-state index in [2.05, 4.69) is 16.9 Å². The van der Waals surface area contributed by atoms with Crippen LogP contribution in [0, 0.1) is 0 Å². The summed E-state index contributed by atoms with van der Waals surface area (Å²) in [5, 5.41) is 0. The van der Waals surface area contributed by atoms with Gasteiger partial charge in [0.05, 0.1) is 7.11 Å². The number of nitrogens with zero attached hydrogens (tertiary/aromatic N) is 1. The molecule has 0 amide bonds. The topological polar surface area (TPSA) is 81.0 Å². The van der Waals surface area contributed by atoms with Crippen LogP contribution in [-0.4, -0.2) is 17.1 Å². The largest absolute Gasteiger partial charge is 0.497 e. The minimum Gasteiger partial charge on any atom is -0.497 e. The fourth-order valence-electron chi connectivity index (χ4n) is 2.84. The molecule has 0 radical (unpaired) electrons. The van der Waals surface area contributed by atoms with E-state index in [1.54, 1.807) is 25.6 Å². The summed E-state index contributed by atoms with van der Waals surface area (Å²) in [5.41, 5.74) is 10.9. The summed E-state index contributed by atoms with van der Waals surface area (Å²) in [7, 11) is 1.64. The van der Waals surface area contributed by atoms with Crippen molar-refractivity contribution < 1.29 is 4.74 Å². The molecule has 0 atom stereocenters. The Morgan fingerprint density at radius 1 is 1.12 bits per heavy atom. The van der Waals surface area contributed by atoms with Crippen molar-refractivity contribution in [2.24, 2.45) is 0 Å². The van der Waals surface area contributed by atoms with Crippen LogP contribution in [0.5, 0.6) is 5.75 Å². The number of rotatable bonds is 4. The summed E-state index contributed by atoms with van der Waals surface area (Å²) in [6, 6.07) is 11.1. The number of hydrogen-bond acceptors (Lipinski definition) is 4. The van der Waals surface area contributed by atoms with Crippen LogP contribution in [0.15, 0.2) is 53.6 Å². The molecule has 0 saturated carbocycles. The van der Waals surface area contributed by atoms with Crippen LogP contribution >= 0.6 is 0 Å². The predicted octanol–water partition coefficient (Wildman–Crippen LogP) is 3.26. The molecule has 0 saturated heterocycles. The third kappa shape index (κ3) is 2.88. The number of hydrogen-bond donors (Lipinski definition) is 2. The van der Waals surface area contributed by atoms with E-state index in [1.165, 1.54) is 6.07 Å². The van der Waals surface area contributed by atoms with Gasteiger partial charge in [0.25, 0.3) is 0 Å². The van der Waals surface area contributed by atoms with Crippen molar-refractivity contribution in [1.29, 1.82) is 0 Å². The highest BCUT2D eigenvalue weighted by Crippen LogP contribution is 2.35. The number of pyridine rings is 2. The number of nitrogen functional groups attached to an aromatic ring is 1. The van der Waals surface area contributed by atoms with E-state index in [0.717, 1.165) is 40.0 Å². The summed E-state index contributed by atoms with van der Waals surface area (Å²) in [6.07, 6.45) is 4.25. The SMILES string of the molecule is CCc1c(-c2ccc(=O)[nH]c2)cnc(N)c1-c1ccc(OC)cc1. The molecule has 3 aromatic rings. The second kappa shape index (κ2) is 6.58. The van der Waals surface area contributed by atoms with Gasteiger partial charge in [-0.05, 0) is 41.3 Å². The molecule has 0 unspecified atom stereocenters. The van der Waals surface area contributed by atoms with Crippen LogP contribution in [0.2, 0.25) is 0 Å². The van der Waals surface area contributed by atoms with Gasteiger partial charge in [0.1, 0.15) is 11.6 Å². The first kappa shape index (κ1) is 15.8. The van der Waals surface area contributed by atoms with Gasteiger partial charge < -0.3 is 15.5 Å². The highest BCUT2D eigenvalue weighted by molar-refractivity contribution is 5.84. The van der Waals surface area contributed by atoms with Crippen LogP contribution in [0.3, 0.4) is 0 Å². The first-order valence-corrected chi connectivity index (χ1v) is 7.75. The van der Waals surface area contributed by atoms with Gasteiger partial charge in [-0.2, -0.15) is 0 Å². The zero-order chi connectivity index (χ0) is 17.1. The average Bonchev–Trinajstić information content (AvgIpc) is 2.62. The molecular formula is C19H19N3O2. The number of ether oxygens (including phenoxy) is 1. The Hall–Kier alpha value is -3.08. The van der Waals surface area contributed by atoms with E-state index in [9.17, 15) is 4.79 Å². The van der Waals surface area contributed by atoms with Gasteiger partial charge in [-0.1, -0.05) is 19.1 Å². The van der Waals surface area contributed by atoms with Crippen molar-refractivity contribution in [2.75, 3.05) is 12.8 Å². The van der Waals surface area contributed by atoms with Gasteiger partial charge in [-0.15, -0.1) is 0 Å². The van der Waals surface area contributed by atoms with Gasteiger partial charge in [0.15, 0.2) is 0 Å². The highest BCUT2D eigenvalue weighted by atomic mass is 16.5. The smallest absolute Gasteiger partial charge is 0.247 e. The lowest BCUT2D eigenvalue weighted by Gasteiger charge is -2.16. The number of anilines is 1. The Morgan fingerprint density at radius 3 is 2.42 bits per heavy atom. The summed E-state index contributed by atoms with van der Waals surface area (Å²) >= 11 is 0. The first-order valence-electron chi connectivity index (χ1n) is 7.75. The van der Waals surface area contributed by atoms with Gasteiger partial charge in [0.2, 0.25) is 5.56 Å². The maximum absolute atomic E-state index is 11.3. The van der Waals surface area contributed by atoms with E-state index in [-0.39, 0.29) is 5.56 Å². The molecule has 1 aromatic carbocycles. The lowest BCUT2D eigenvalue weighted by Crippen LogP contribution is -2.04. The van der Waals surface area contributed by atoms with Crippen LogP contribution in [0.1, 0.15) is 12.5 Å². The third-order valence-electron chi connectivity index (χ3n) is 4.04. The zero-order valence-corrected chi connectivity index (χ0v) is 13.7. The molecule has 5 heteroatoms. The van der Waals surface area contributed by atoms with Crippen molar-refractivity contribution in [3.63, 3.8) is 0 Å². The van der Waals surface area contributed by atoms with E-state index < -0.39 is 0 Å². The Morgan fingerprint density at radius 2 is 1.83 bits per heavy atom. The van der Waals surface area contributed by atoms with Crippen molar-refractivity contribution in [1.82, 2.24) is 9.97 Å². The monoisotopic (exact) mass is 321 g/mol. The molecule has 0 spiro atoms. The molecule has 0 aliphatic carbocycles. The van der Waals surface area contributed by atoms with Crippen molar-refractivity contribution in [3.05, 3.63) is 64.7 Å². The third-order valence-corrected chi connectivity index (χ3v) is 4.04. The van der Waals surface area contributed by atoms with Crippen molar-refractivity contribution in [2.45, 2.75) is 13.3 Å². The lowest BCUT2D eigenvalue weighted by atomic mass is 9.92. The Bertz CT molecular complexity index is 894. The van der Waals surface area contributed by atoms with Crippen LogP contribution in [0.4, 0.5) is 5.82 Å². The summed E-state index contributed by atoms with van der Waals surface area (Å²) < 4.78 is 5.22. The Labute approximate surface area is 140 Å². The number of aromatic amines is 1. The van der Waals surface area contributed by atoms with Gasteiger partial charge in [-0.3, -0.25) is 4.79 Å². The van der Waals surface area contributed by atoms with E-state index in [0.29, 0.717) is 5.82 Å². The molecule has 2 aromatic heterocycles. The molecule has 24 heavy (non-hydrogen) atoms. The highest BCUT2D eigenvalue weighted by Gasteiger charge is 2.15. The van der Waals surface area contributed by atoms with Gasteiger partial charge >= 0.3 is 0 Å². The quantitative estimate of drug-likeness (QED) is 0.773. The first-order chi connectivity index (χ1) is 11.6. The van der Waals surface area contributed by atoms with Gasteiger partial charge in [-0.25, -0.2) is 4.98 Å². The molecule has 0 bridgehead atoms. The Kier molecular flexibility index (Phi) is 4.33. The second-order valence-corrected chi connectivity index (χ2v) is 5.43. The molecule has 0 aliphatic heterocycles. The van der Waals surface area contributed by atoms with Crippen LogP contribution in [-0.2, 0) is 6.42 Å². The summed E-state index contributed by atoms with van der Waals surface area (Å²) in [6.45, 7) is 2.08. The Balaban J connectivity index is 2.19. The average molecular weight is 321 g/mol. The molecule has 3 rings (SSSR count). The zero-order valence-electron chi connectivity index (χ0n) is 13.7. The lowest BCUT2D eigenvalue weighted by molar-refractivity contribution is 0.415. The number of aromatic nitrogens is 2. The fourth-order valence-corrected chi connectivity index (χ4v) is 2.84. The predicted molar refractivity (Wildman–Crippen MR) is 96.1 cm³/mol. The molecule has 0 aliphatic rings. The minimum absolute atomic E-state index is 0.129. The van der Waals surface area contributed by atoms with Crippen LogP contribution < -0.4 is 16.0 Å². The summed E-state index contributed by atoms with van der Waals surface area (Å²) in [5.74, 6) is 1.28. The van der Waals surface area contributed by atoms with Gasteiger partial charge in [0, 0.05) is 29.6 Å². The second-order valence-electron chi connectivity index (χ2n) is 5.43. The maximum Gasteiger partial charge on any atom is 0.247 e. The van der Waals surface area contributed by atoms with Crippen molar-refractivity contribution >= 4 is 5.82 Å². The molecule has 0 fully saturated rings. The number of nitrogens with two attached hydrogens (primary N) is 1. The summed E-state index contributed by atoms with van der Waals surface area (Å²) in [4.78, 5) is 18.4. The maximum atomic E-state index is 11.3. The molecule has 2 heterocycles. The van der Waals surface area contributed by atoms with E-state index in [4.69, 9.17) is 10.5 Å². The van der Waals surface area contributed by atoms with Crippen LogP contribution in [0.25, 0.3) is 22.3 Å². The fraction of sp³-hybridized carbons (Fsp3) is 0.158. The van der Waals surface area contributed by atoms with E-state index in [1.807, 2.05) is 24.3 Å². The molecule has 3 N–H and O–H groups in total. The van der Waals surface area contributed by atoms with Crippen molar-refractivity contribution in [3.8, 4) is 28.0 Å². The normalized spacial score (nSPS) is 10.6. The number of nitrogens with one attached hydrogen (secondary N) is 1. The number of H-pyrrole nitrogens is 1. The minimum atomic E-state index is -0.129. The molecule has 122 valence electrons. The standard InChI is InChI=1S/C19H19N3O2/c1-3-15-16(13-6-9-17(23)21-10-13)11-22-19(20)18(15)12-4-7-14(24-2)8-5-12/h4-11H,3H2,1-2H3,(H2,20,22)(H,21,23). The number of methoxy groups -OCH3 is 1.